The van der Waals surface area contributed by atoms with Crippen LogP contribution in [0.4, 0.5) is 5.69 Å². The molecule has 5 heteroatoms. The van der Waals surface area contributed by atoms with Crippen molar-refractivity contribution < 1.29 is 9.90 Å². The zero-order chi connectivity index (χ0) is 13.2. The van der Waals surface area contributed by atoms with E-state index in [1.807, 2.05) is 18.2 Å². The Morgan fingerprint density at radius 1 is 1.33 bits per heavy atom. The molecule has 0 amide bonds. The van der Waals surface area contributed by atoms with E-state index < -0.39 is 11.4 Å². The van der Waals surface area contributed by atoms with Crippen LogP contribution in [-0.4, -0.2) is 24.2 Å². The standard InChI is InChI=1S/C13H13ClN2O2/c14-10-1-3-11(4-2-10)16-7-5-13(9-15,6-8-16)12(17)18/h1-4H,5-8H2,(H,17,18). The highest BCUT2D eigenvalue weighted by Crippen LogP contribution is 2.33. The van der Waals surface area contributed by atoms with E-state index in [1.54, 1.807) is 12.1 Å². The smallest absolute Gasteiger partial charge is 0.324 e. The van der Waals surface area contributed by atoms with E-state index in [0.717, 1.165) is 5.69 Å². The van der Waals surface area contributed by atoms with Crippen molar-refractivity contribution in [3.63, 3.8) is 0 Å². The number of halogens is 1. The second-order valence-corrected chi connectivity index (χ2v) is 4.90. The molecule has 0 atom stereocenters. The van der Waals surface area contributed by atoms with Crippen molar-refractivity contribution in [3.8, 4) is 6.07 Å². The largest absolute Gasteiger partial charge is 0.480 e. The number of nitrogens with zero attached hydrogens (tertiary/aromatic N) is 2. The van der Waals surface area contributed by atoms with Gasteiger partial charge in [0.2, 0.25) is 0 Å². The lowest BCUT2D eigenvalue weighted by Crippen LogP contribution is -2.43. The van der Waals surface area contributed by atoms with Crippen molar-refractivity contribution in [3.05, 3.63) is 29.3 Å². The van der Waals surface area contributed by atoms with Gasteiger partial charge in [-0.2, -0.15) is 5.26 Å². The van der Waals surface area contributed by atoms with E-state index in [1.165, 1.54) is 0 Å². The Hall–Kier alpha value is -1.73. The lowest BCUT2D eigenvalue weighted by atomic mass is 9.80. The Balaban J connectivity index is 2.09. The van der Waals surface area contributed by atoms with Gasteiger partial charge >= 0.3 is 5.97 Å². The average molecular weight is 265 g/mol. The van der Waals surface area contributed by atoms with Gasteiger partial charge in [-0.3, -0.25) is 4.79 Å². The highest BCUT2D eigenvalue weighted by atomic mass is 35.5. The second-order valence-electron chi connectivity index (χ2n) is 4.46. The maximum Gasteiger partial charge on any atom is 0.324 e. The number of piperidine rings is 1. The highest BCUT2D eigenvalue weighted by molar-refractivity contribution is 6.30. The Morgan fingerprint density at radius 3 is 2.33 bits per heavy atom. The quantitative estimate of drug-likeness (QED) is 0.892. The van der Waals surface area contributed by atoms with Gasteiger partial charge in [0.1, 0.15) is 0 Å². The molecule has 1 fully saturated rings. The van der Waals surface area contributed by atoms with E-state index in [-0.39, 0.29) is 0 Å². The van der Waals surface area contributed by atoms with Gasteiger partial charge in [0.15, 0.2) is 5.41 Å². The Kier molecular flexibility index (Phi) is 3.44. The van der Waals surface area contributed by atoms with Gasteiger partial charge < -0.3 is 10.0 Å². The van der Waals surface area contributed by atoms with Crippen molar-refractivity contribution in [1.29, 1.82) is 5.26 Å². The first-order valence-electron chi connectivity index (χ1n) is 5.72. The van der Waals surface area contributed by atoms with Crippen LogP contribution in [0.3, 0.4) is 0 Å². The van der Waals surface area contributed by atoms with Crippen molar-refractivity contribution >= 4 is 23.3 Å². The molecule has 1 aliphatic heterocycles. The third kappa shape index (κ3) is 2.27. The topological polar surface area (TPSA) is 64.3 Å². The van der Waals surface area contributed by atoms with Crippen molar-refractivity contribution in [2.24, 2.45) is 5.41 Å². The summed E-state index contributed by atoms with van der Waals surface area (Å²) >= 11 is 5.82. The van der Waals surface area contributed by atoms with Crippen LogP contribution in [0.5, 0.6) is 0 Å². The lowest BCUT2D eigenvalue weighted by molar-refractivity contribution is -0.146. The predicted molar refractivity (Wildman–Crippen MR) is 68.6 cm³/mol. The van der Waals surface area contributed by atoms with Crippen LogP contribution < -0.4 is 4.90 Å². The summed E-state index contributed by atoms with van der Waals surface area (Å²) in [5.74, 6) is -1.01. The molecule has 0 bridgehead atoms. The molecule has 1 aromatic rings. The summed E-state index contributed by atoms with van der Waals surface area (Å²) in [6, 6.07) is 9.37. The van der Waals surface area contributed by atoms with E-state index >= 15 is 0 Å². The van der Waals surface area contributed by atoms with E-state index in [9.17, 15) is 4.79 Å². The maximum atomic E-state index is 11.1. The summed E-state index contributed by atoms with van der Waals surface area (Å²) in [5, 5.41) is 18.8. The molecule has 0 aromatic heterocycles. The van der Waals surface area contributed by atoms with Gasteiger partial charge in [-0.1, -0.05) is 11.6 Å². The summed E-state index contributed by atoms with van der Waals surface area (Å²) in [6.07, 6.45) is 0.697. The predicted octanol–water partition coefficient (Wildman–Crippen LogP) is 2.53. The molecule has 1 aliphatic rings. The molecule has 0 spiro atoms. The molecule has 4 nitrogen and oxygen atoms in total. The first-order chi connectivity index (χ1) is 8.57. The van der Waals surface area contributed by atoms with Gasteiger partial charge in [-0.05, 0) is 37.1 Å². The second kappa shape index (κ2) is 4.87. The third-order valence-electron chi connectivity index (χ3n) is 3.43. The van der Waals surface area contributed by atoms with Crippen molar-refractivity contribution in [1.82, 2.24) is 0 Å². The number of carboxylic acids is 1. The highest BCUT2D eigenvalue weighted by Gasteiger charge is 2.41. The number of aliphatic carboxylic acids is 1. The first-order valence-corrected chi connectivity index (χ1v) is 6.10. The Labute approximate surface area is 110 Å². The molecule has 0 radical (unpaired) electrons. The van der Waals surface area contributed by atoms with E-state index in [2.05, 4.69) is 4.90 Å². The number of carboxylic acid groups (broad SMARTS) is 1. The summed E-state index contributed by atoms with van der Waals surface area (Å²) in [5.41, 5.74) is -0.209. The van der Waals surface area contributed by atoms with E-state index in [0.29, 0.717) is 31.0 Å². The SMILES string of the molecule is N#CC1(C(=O)O)CCN(c2ccc(Cl)cc2)CC1. The number of rotatable bonds is 2. The molecule has 18 heavy (non-hydrogen) atoms. The minimum atomic E-state index is -1.22. The van der Waals surface area contributed by atoms with Crippen LogP contribution in [0, 0.1) is 16.7 Å². The molecule has 0 unspecified atom stereocenters. The fourth-order valence-electron chi connectivity index (χ4n) is 2.17. The summed E-state index contributed by atoms with van der Waals surface area (Å²) < 4.78 is 0. The summed E-state index contributed by atoms with van der Waals surface area (Å²) in [6.45, 7) is 1.14. The van der Waals surface area contributed by atoms with E-state index in [4.69, 9.17) is 22.0 Å². The van der Waals surface area contributed by atoms with Crippen LogP contribution in [-0.2, 0) is 4.79 Å². The van der Waals surface area contributed by atoms with Crippen molar-refractivity contribution in [2.45, 2.75) is 12.8 Å². The molecular formula is C13H13ClN2O2. The minimum absolute atomic E-state index is 0.349. The van der Waals surface area contributed by atoms with Crippen LogP contribution in [0.1, 0.15) is 12.8 Å². The number of carbonyl (C=O) groups is 1. The maximum absolute atomic E-state index is 11.1. The minimum Gasteiger partial charge on any atom is -0.480 e. The van der Waals surface area contributed by atoms with Crippen LogP contribution in [0.2, 0.25) is 5.02 Å². The Morgan fingerprint density at radius 2 is 1.89 bits per heavy atom. The fraction of sp³-hybridized carbons (Fsp3) is 0.385. The molecular weight excluding hydrogens is 252 g/mol. The summed E-state index contributed by atoms with van der Waals surface area (Å²) in [7, 11) is 0. The average Bonchev–Trinajstić information content (AvgIpc) is 2.39. The number of hydrogen-bond donors (Lipinski definition) is 1. The molecule has 1 aromatic carbocycles. The fourth-order valence-corrected chi connectivity index (χ4v) is 2.30. The normalized spacial score (nSPS) is 18.1. The zero-order valence-electron chi connectivity index (χ0n) is 9.77. The zero-order valence-corrected chi connectivity index (χ0v) is 10.5. The molecule has 1 heterocycles. The van der Waals surface area contributed by atoms with Gasteiger partial charge in [0, 0.05) is 23.8 Å². The molecule has 2 rings (SSSR count). The number of hydrogen-bond acceptors (Lipinski definition) is 3. The van der Waals surface area contributed by atoms with Gasteiger partial charge in [-0.15, -0.1) is 0 Å². The Bertz CT molecular complexity index is 485. The molecule has 0 aliphatic carbocycles. The first kappa shape index (κ1) is 12.7. The molecule has 1 N–H and O–H groups in total. The van der Waals surface area contributed by atoms with Crippen LogP contribution >= 0.6 is 11.6 Å². The number of nitriles is 1. The third-order valence-corrected chi connectivity index (χ3v) is 3.68. The monoisotopic (exact) mass is 264 g/mol. The van der Waals surface area contributed by atoms with Gasteiger partial charge in [-0.25, -0.2) is 0 Å². The number of benzene rings is 1. The van der Waals surface area contributed by atoms with Gasteiger partial charge in [0.05, 0.1) is 6.07 Å². The van der Waals surface area contributed by atoms with Gasteiger partial charge in [0.25, 0.3) is 0 Å². The molecule has 1 saturated heterocycles. The number of anilines is 1. The lowest BCUT2D eigenvalue weighted by Gasteiger charge is -2.35. The molecule has 0 saturated carbocycles. The van der Waals surface area contributed by atoms with Crippen molar-refractivity contribution in [2.75, 3.05) is 18.0 Å². The van der Waals surface area contributed by atoms with Crippen LogP contribution in [0.25, 0.3) is 0 Å². The molecule has 94 valence electrons. The van der Waals surface area contributed by atoms with Crippen LogP contribution in [0.15, 0.2) is 24.3 Å². The summed E-state index contributed by atoms with van der Waals surface area (Å²) in [4.78, 5) is 13.2.